The lowest BCUT2D eigenvalue weighted by atomic mass is 9.78. The van der Waals surface area contributed by atoms with Crippen LogP contribution >= 0.6 is 0 Å². The predicted molar refractivity (Wildman–Crippen MR) is 96.2 cm³/mol. The van der Waals surface area contributed by atoms with Crippen molar-refractivity contribution in [3.63, 3.8) is 0 Å². The van der Waals surface area contributed by atoms with E-state index >= 15 is 0 Å². The molecule has 8 heteroatoms. The van der Waals surface area contributed by atoms with Crippen LogP contribution in [0.4, 0.5) is 5.69 Å². The smallest absolute Gasteiger partial charge is 0.344 e. The molecule has 27 heavy (non-hydrogen) atoms. The Hall–Kier alpha value is -2.64. The van der Waals surface area contributed by atoms with Gasteiger partial charge >= 0.3 is 5.97 Å². The van der Waals surface area contributed by atoms with Gasteiger partial charge in [0.15, 0.2) is 13.2 Å². The molecular weight excluding hydrogens is 352 g/mol. The number of rotatable bonds is 6. The number of hydrogen-bond acceptors (Lipinski definition) is 6. The van der Waals surface area contributed by atoms with Gasteiger partial charge in [-0.3, -0.25) is 14.9 Å². The lowest BCUT2D eigenvalue weighted by molar-refractivity contribution is -0.384. The molecule has 0 N–H and O–H groups in total. The van der Waals surface area contributed by atoms with Crippen LogP contribution < -0.4 is 4.74 Å². The van der Waals surface area contributed by atoms with Crippen molar-refractivity contribution >= 4 is 17.6 Å². The minimum atomic E-state index is -0.674. The molecule has 2 atom stereocenters. The third kappa shape index (κ3) is 4.96. The second kappa shape index (κ2) is 8.83. The van der Waals surface area contributed by atoms with Crippen LogP contribution in [0.3, 0.4) is 0 Å². The van der Waals surface area contributed by atoms with Gasteiger partial charge in [-0.05, 0) is 37.7 Å². The Balaban J connectivity index is 1.45. The highest BCUT2D eigenvalue weighted by atomic mass is 16.6. The molecule has 0 aromatic heterocycles. The second-order valence-corrected chi connectivity index (χ2v) is 7.05. The first-order chi connectivity index (χ1) is 13.0. The van der Waals surface area contributed by atoms with Crippen molar-refractivity contribution in [1.29, 1.82) is 0 Å². The van der Waals surface area contributed by atoms with Crippen molar-refractivity contribution in [1.82, 2.24) is 4.90 Å². The minimum absolute atomic E-state index is 0.122. The normalized spacial score (nSPS) is 21.9. The molecule has 0 radical (unpaired) electrons. The van der Waals surface area contributed by atoms with Gasteiger partial charge in [0.05, 0.1) is 11.0 Å². The molecule has 146 valence electrons. The molecule has 1 aliphatic heterocycles. The maximum atomic E-state index is 12.5. The van der Waals surface area contributed by atoms with Crippen LogP contribution in [-0.2, 0) is 14.3 Å². The SMILES string of the molecule is O=C(COc1cccc([N+](=O)[O-])c1)OCC(=O)N1CCC[C@@H]2CCCC[C@@H]21. The number of fused-ring (bicyclic) bond motifs is 1. The van der Waals surface area contributed by atoms with E-state index in [9.17, 15) is 19.7 Å². The Bertz CT molecular complexity index is 705. The van der Waals surface area contributed by atoms with E-state index in [2.05, 4.69) is 0 Å². The highest BCUT2D eigenvalue weighted by molar-refractivity contribution is 5.81. The summed E-state index contributed by atoms with van der Waals surface area (Å²) in [6, 6.07) is 5.83. The van der Waals surface area contributed by atoms with E-state index < -0.39 is 17.5 Å². The van der Waals surface area contributed by atoms with Crippen LogP contribution in [0.15, 0.2) is 24.3 Å². The van der Waals surface area contributed by atoms with Crippen LogP contribution in [0.1, 0.15) is 38.5 Å². The van der Waals surface area contributed by atoms with Crippen molar-refractivity contribution in [3.8, 4) is 5.75 Å². The number of amides is 1. The second-order valence-electron chi connectivity index (χ2n) is 7.05. The zero-order valence-electron chi connectivity index (χ0n) is 15.2. The molecular formula is C19H24N2O6. The third-order valence-electron chi connectivity index (χ3n) is 5.31. The highest BCUT2D eigenvalue weighted by Gasteiger charge is 2.35. The number of benzene rings is 1. The third-order valence-corrected chi connectivity index (χ3v) is 5.31. The number of nitrogens with zero attached hydrogens (tertiary/aromatic N) is 2. The molecule has 0 spiro atoms. The maximum Gasteiger partial charge on any atom is 0.344 e. The number of carbonyl (C=O) groups excluding carboxylic acids is 2. The van der Waals surface area contributed by atoms with Crippen molar-refractivity contribution in [2.45, 2.75) is 44.6 Å². The summed E-state index contributed by atoms with van der Waals surface area (Å²) < 4.78 is 10.3. The van der Waals surface area contributed by atoms with E-state index in [0.29, 0.717) is 5.92 Å². The number of nitro groups is 1. The zero-order chi connectivity index (χ0) is 19.2. The standard InChI is InChI=1S/C19H24N2O6/c22-18(20-10-4-6-14-5-1-2-9-17(14)20)12-27-19(23)13-26-16-8-3-7-15(11-16)21(24)25/h3,7-8,11,14,17H,1-2,4-6,9-10,12-13H2/t14-,17-/m0/s1. The first kappa shape index (κ1) is 19.1. The summed E-state index contributed by atoms with van der Waals surface area (Å²) in [5, 5.41) is 10.7. The number of nitro benzene ring substituents is 1. The fourth-order valence-electron chi connectivity index (χ4n) is 4.03. The molecule has 8 nitrogen and oxygen atoms in total. The first-order valence-corrected chi connectivity index (χ1v) is 9.37. The first-order valence-electron chi connectivity index (χ1n) is 9.37. The van der Waals surface area contributed by atoms with Crippen LogP contribution in [0.25, 0.3) is 0 Å². The molecule has 2 aliphatic rings. The van der Waals surface area contributed by atoms with Crippen molar-refractivity contribution in [3.05, 3.63) is 34.4 Å². The van der Waals surface area contributed by atoms with Gasteiger partial charge in [0.2, 0.25) is 0 Å². The van der Waals surface area contributed by atoms with Crippen molar-refractivity contribution in [2.24, 2.45) is 5.92 Å². The average molecular weight is 376 g/mol. The Morgan fingerprint density at radius 1 is 1.15 bits per heavy atom. The van der Waals surface area contributed by atoms with E-state index in [1.807, 2.05) is 4.90 Å². The summed E-state index contributed by atoms with van der Waals surface area (Å²) in [6.07, 6.45) is 6.74. The number of ether oxygens (including phenoxy) is 2. The molecule has 1 aromatic carbocycles. The fourth-order valence-corrected chi connectivity index (χ4v) is 4.03. The number of piperidine rings is 1. The quantitative estimate of drug-likeness (QED) is 0.430. The molecule has 0 bridgehead atoms. The number of carbonyl (C=O) groups is 2. The van der Waals surface area contributed by atoms with Gasteiger partial charge in [-0.2, -0.15) is 0 Å². The van der Waals surface area contributed by atoms with Gasteiger partial charge in [0.25, 0.3) is 11.6 Å². The Morgan fingerprint density at radius 2 is 1.93 bits per heavy atom. The molecule has 0 unspecified atom stereocenters. The van der Waals surface area contributed by atoms with E-state index in [-0.39, 0.29) is 30.0 Å². The van der Waals surface area contributed by atoms with E-state index in [1.54, 1.807) is 0 Å². The minimum Gasteiger partial charge on any atom is -0.482 e. The Kier molecular flexibility index (Phi) is 6.26. The van der Waals surface area contributed by atoms with Crippen LogP contribution in [0.5, 0.6) is 5.75 Å². The summed E-state index contributed by atoms with van der Waals surface area (Å²) in [5.41, 5.74) is -0.122. The predicted octanol–water partition coefficient (Wildman–Crippen LogP) is 2.70. The lowest BCUT2D eigenvalue weighted by Gasteiger charge is -2.44. The monoisotopic (exact) mass is 376 g/mol. The molecule has 1 saturated carbocycles. The number of esters is 1. The Morgan fingerprint density at radius 3 is 2.74 bits per heavy atom. The zero-order valence-corrected chi connectivity index (χ0v) is 15.2. The summed E-state index contributed by atoms with van der Waals surface area (Å²) >= 11 is 0. The van der Waals surface area contributed by atoms with Crippen LogP contribution in [-0.4, -0.2) is 47.5 Å². The van der Waals surface area contributed by atoms with Crippen LogP contribution in [0, 0.1) is 16.0 Å². The average Bonchev–Trinajstić information content (AvgIpc) is 2.70. The topological polar surface area (TPSA) is 99.0 Å². The van der Waals surface area contributed by atoms with Crippen molar-refractivity contribution < 1.29 is 24.0 Å². The lowest BCUT2D eigenvalue weighted by Crippen LogP contribution is -2.51. The van der Waals surface area contributed by atoms with Gasteiger partial charge < -0.3 is 14.4 Å². The van der Waals surface area contributed by atoms with Crippen molar-refractivity contribution in [2.75, 3.05) is 19.8 Å². The molecule has 2 fully saturated rings. The molecule has 1 aliphatic carbocycles. The maximum absolute atomic E-state index is 12.5. The molecule has 1 amide bonds. The largest absolute Gasteiger partial charge is 0.482 e. The molecule has 1 aromatic rings. The summed E-state index contributed by atoms with van der Waals surface area (Å²) in [7, 11) is 0. The summed E-state index contributed by atoms with van der Waals surface area (Å²) in [4.78, 5) is 36.4. The number of non-ortho nitro benzene ring substituents is 1. The molecule has 3 rings (SSSR count). The van der Waals surface area contributed by atoms with E-state index in [0.717, 1.165) is 25.8 Å². The van der Waals surface area contributed by atoms with E-state index in [4.69, 9.17) is 9.47 Å². The van der Waals surface area contributed by atoms with Gasteiger partial charge in [-0.15, -0.1) is 0 Å². The van der Waals surface area contributed by atoms with Gasteiger partial charge in [-0.1, -0.05) is 18.9 Å². The van der Waals surface area contributed by atoms with E-state index in [1.165, 1.54) is 43.5 Å². The van der Waals surface area contributed by atoms with Gasteiger partial charge in [0, 0.05) is 18.7 Å². The number of likely N-dealkylation sites (tertiary alicyclic amines) is 1. The molecule has 1 heterocycles. The highest BCUT2D eigenvalue weighted by Crippen LogP contribution is 2.35. The van der Waals surface area contributed by atoms with Gasteiger partial charge in [-0.25, -0.2) is 4.79 Å². The van der Waals surface area contributed by atoms with Gasteiger partial charge in [0.1, 0.15) is 5.75 Å². The summed E-state index contributed by atoms with van der Waals surface area (Å²) in [6.45, 7) is 0.0303. The fraction of sp³-hybridized carbons (Fsp3) is 0.579. The Labute approximate surface area is 157 Å². The summed E-state index contributed by atoms with van der Waals surface area (Å²) in [5.74, 6) is -0.0553. The van der Waals surface area contributed by atoms with Crippen LogP contribution in [0.2, 0.25) is 0 Å². The molecule has 1 saturated heterocycles. The number of hydrogen-bond donors (Lipinski definition) is 0.